The van der Waals surface area contributed by atoms with Crippen molar-refractivity contribution in [3.8, 4) is 11.3 Å². The normalized spacial score (nSPS) is 10.2. The lowest BCUT2D eigenvalue weighted by Crippen LogP contribution is -2.28. The Hall–Kier alpha value is -2.36. The molecule has 0 amide bonds. The van der Waals surface area contributed by atoms with Crippen LogP contribution in [0.25, 0.3) is 11.3 Å². The van der Waals surface area contributed by atoms with E-state index in [-0.39, 0.29) is 17.0 Å². The number of aromatic nitrogens is 1. The van der Waals surface area contributed by atoms with Crippen molar-refractivity contribution in [2.24, 2.45) is 12.8 Å². The van der Waals surface area contributed by atoms with Crippen molar-refractivity contribution in [1.82, 2.24) is 4.57 Å². The first-order valence-corrected chi connectivity index (χ1v) is 5.21. The van der Waals surface area contributed by atoms with Gasteiger partial charge in [0.15, 0.2) is 0 Å². The Morgan fingerprint density at radius 3 is 2.41 bits per heavy atom. The summed E-state index contributed by atoms with van der Waals surface area (Å²) in [6.07, 6.45) is 0. The summed E-state index contributed by atoms with van der Waals surface area (Å²) in [5, 5.41) is 7.31. The fourth-order valence-electron chi connectivity index (χ4n) is 1.74. The molecule has 0 aliphatic carbocycles. The highest BCUT2D eigenvalue weighted by atomic mass is 16.1. The van der Waals surface area contributed by atoms with Gasteiger partial charge in [0.25, 0.3) is 5.56 Å². The highest BCUT2D eigenvalue weighted by Gasteiger charge is 2.08. The zero-order chi connectivity index (χ0) is 12.4. The van der Waals surface area contributed by atoms with Crippen LogP contribution in [0.3, 0.4) is 0 Å². The smallest absolute Gasteiger partial charge is 0.261 e. The van der Waals surface area contributed by atoms with Crippen molar-refractivity contribution in [2.45, 2.75) is 0 Å². The molecular weight excluding hydrogens is 214 g/mol. The number of nitrogens with zero attached hydrogens (tertiary/aromatic N) is 1. The van der Waals surface area contributed by atoms with E-state index in [1.54, 1.807) is 19.2 Å². The minimum Gasteiger partial charge on any atom is -0.384 e. The van der Waals surface area contributed by atoms with Crippen molar-refractivity contribution in [1.29, 1.82) is 5.41 Å². The lowest BCUT2D eigenvalue weighted by atomic mass is 10.1. The summed E-state index contributed by atoms with van der Waals surface area (Å²) in [5.41, 5.74) is 7.09. The average molecular weight is 227 g/mol. The van der Waals surface area contributed by atoms with E-state index in [9.17, 15) is 4.79 Å². The quantitative estimate of drug-likeness (QED) is 0.600. The van der Waals surface area contributed by atoms with Gasteiger partial charge in [-0.25, -0.2) is 0 Å². The first-order chi connectivity index (χ1) is 8.11. The Morgan fingerprint density at radius 1 is 1.18 bits per heavy atom. The predicted molar refractivity (Wildman–Crippen MR) is 68.1 cm³/mol. The van der Waals surface area contributed by atoms with Gasteiger partial charge in [0, 0.05) is 7.05 Å². The molecule has 4 nitrogen and oxygen atoms in total. The Kier molecular flexibility index (Phi) is 2.78. The molecule has 17 heavy (non-hydrogen) atoms. The summed E-state index contributed by atoms with van der Waals surface area (Å²) in [7, 11) is 1.68. The second-order valence-corrected chi connectivity index (χ2v) is 3.78. The number of hydrogen-bond acceptors (Lipinski definition) is 2. The van der Waals surface area contributed by atoms with Crippen molar-refractivity contribution in [2.75, 3.05) is 0 Å². The maximum Gasteiger partial charge on any atom is 0.261 e. The van der Waals surface area contributed by atoms with Crippen LogP contribution in [-0.2, 0) is 7.05 Å². The lowest BCUT2D eigenvalue weighted by molar-refractivity contribution is 0.866. The van der Waals surface area contributed by atoms with E-state index in [2.05, 4.69) is 0 Å². The highest BCUT2D eigenvalue weighted by Crippen LogP contribution is 2.16. The number of amidine groups is 1. The van der Waals surface area contributed by atoms with Gasteiger partial charge in [-0.05, 0) is 17.7 Å². The second-order valence-electron chi connectivity index (χ2n) is 3.78. The Morgan fingerprint density at radius 2 is 1.82 bits per heavy atom. The molecule has 1 heterocycles. The maximum absolute atomic E-state index is 11.9. The van der Waals surface area contributed by atoms with E-state index in [1.807, 2.05) is 30.3 Å². The first kappa shape index (κ1) is 11.1. The van der Waals surface area contributed by atoms with E-state index in [1.165, 1.54) is 4.57 Å². The van der Waals surface area contributed by atoms with Crippen LogP contribution in [0.4, 0.5) is 0 Å². The molecular formula is C13H13N3O. The predicted octanol–water partition coefficient (Wildman–Crippen LogP) is 1.34. The first-order valence-electron chi connectivity index (χ1n) is 5.21. The second kappa shape index (κ2) is 4.25. The molecule has 0 saturated carbocycles. The number of nitrogens with two attached hydrogens (primary N) is 1. The molecule has 1 aromatic heterocycles. The molecule has 0 bridgehead atoms. The van der Waals surface area contributed by atoms with Gasteiger partial charge in [0.2, 0.25) is 0 Å². The van der Waals surface area contributed by atoms with E-state index in [0.29, 0.717) is 0 Å². The monoisotopic (exact) mass is 227 g/mol. The number of rotatable bonds is 2. The molecule has 0 fully saturated rings. The largest absolute Gasteiger partial charge is 0.384 e. The number of benzene rings is 1. The molecule has 0 spiro atoms. The molecule has 3 N–H and O–H groups in total. The molecule has 4 heteroatoms. The SMILES string of the molecule is Cn1c(-c2ccccc2)ccc(C(=N)N)c1=O. The van der Waals surface area contributed by atoms with E-state index < -0.39 is 0 Å². The maximum atomic E-state index is 11.9. The number of hydrogen-bond donors (Lipinski definition) is 2. The molecule has 2 aromatic rings. The molecule has 2 rings (SSSR count). The molecule has 86 valence electrons. The van der Waals surface area contributed by atoms with Crippen LogP contribution in [0.1, 0.15) is 5.56 Å². The van der Waals surface area contributed by atoms with E-state index in [4.69, 9.17) is 11.1 Å². The van der Waals surface area contributed by atoms with Gasteiger partial charge in [-0.2, -0.15) is 0 Å². The zero-order valence-electron chi connectivity index (χ0n) is 9.47. The summed E-state index contributed by atoms with van der Waals surface area (Å²) in [5.74, 6) is -0.204. The fourth-order valence-corrected chi connectivity index (χ4v) is 1.74. The van der Waals surface area contributed by atoms with Crippen molar-refractivity contribution in [3.05, 3.63) is 58.4 Å². The van der Waals surface area contributed by atoms with Gasteiger partial charge < -0.3 is 10.3 Å². The van der Waals surface area contributed by atoms with Crippen LogP contribution in [0.15, 0.2) is 47.3 Å². The van der Waals surface area contributed by atoms with Crippen molar-refractivity contribution < 1.29 is 0 Å². The van der Waals surface area contributed by atoms with Crippen molar-refractivity contribution >= 4 is 5.84 Å². The van der Waals surface area contributed by atoms with Gasteiger partial charge in [-0.15, -0.1) is 0 Å². The minimum atomic E-state index is -0.251. The summed E-state index contributed by atoms with van der Waals surface area (Å²) >= 11 is 0. The van der Waals surface area contributed by atoms with E-state index in [0.717, 1.165) is 11.3 Å². The summed E-state index contributed by atoms with van der Waals surface area (Å²) in [4.78, 5) is 11.9. The van der Waals surface area contributed by atoms with Crippen LogP contribution in [0, 0.1) is 5.41 Å². The number of nitrogen functional groups attached to an aromatic ring is 1. The molecule has 0 radical (unpaired) electrons. The van der Waals surface area contributed by atoms with Crippen LogP contribution in [-0.4, -0.2) is 10.4 Å². The van der Waals surface area contributed by atoms with Gasteiger partial charge in [-0.1, -0.05) is 30.3 Å². The number of nitrogens with one attached hydrogen (secondary N) is 1. The zero-order valence-corrected chi connectivity index (χ0v) is 9.47. The molecule has 0 aliphatic heterocycles. The Balaban J connectivity index is 2.64. The van der Waals surface area contributed by atoms with E-state index >= 15 is 0 Å². The van der Waals surface area contributed by atoms with Crippen LogP contribution < -0.4 is 11.3 Å². The minimum absolute atomic E-state index is 0.204. The Labute approximate surface area is 98.8 Å². The highest BCUT2D eigenvalue weighted by molar-refractivity contribution is 5.94. The average Bonchev–Trinajstić information content (AvgIpc) is 2.33. The van der Waals surface area contributed by atoms with Gasteiger partial charge >= 0.3 is 0 Å². The van der Waals surface area contributed by atoms with Crippen LogP contribution >= 0.6 is 0 Å². The fraction of sp³-hybridized carbons (Fsp3) is 0.0769. The Bertz CT molecular complexity index is 614. The standard InChI is InChI=1S/C13H13N3O/c1-16-11(9-5-3-2-4-6-9)8-7-10(12(14)15)13(16)17/h2-8H,1H3,(H3,14,15). The van der Waals surface area contributed by atoms with Crippen LogP contribution in [0.2, 0.25) is 0 Å². The molecule has 0 atom stereocenters. The van der Waals surface area contributed by atoms with Crippen LogP contribution in [0.5, 0.6) is 0 Å². The number of pyridine rings is 1. The third-order valence-corrected chi connectivity index (χ3v) is 2.66. The topological polar surface area (TPSA) is 71.9 Å². The van der Waals surface area contributed by atoms with Gasteiger partial charge in [0.05, 0.1) is 11.3 Å². The molecule has 0 saturated heterocycles. The molecule has 0 aliphatic rings. The molecule has 0 unspecified atom stereocenters. The summed E-state index contributed by atoms with van der Waals surface area (Å²) < 4.78 is 1.51. The third kappa shape index (κ3) is 1.97. The summed E-state index contributed by atoms with van der Waals surface area (Å²) in [6.45, 7) is 0. The summed E-state index contributed by atoms with van der Waals surface area (Å²) in [6, 6.07) is 13.0. The van der Waals surface area contributed by atoms with Crippen molar-refractivity contribution in [3.63, 3.8) is 0 Å². The molecule has 1 aromatic carbocycles. The van der Waals surface area contributed by atoms with Gasteiger partial charge in [-0.3, -0.25) is 10.2 Å². The van der Waals surface area contributed by atoms with Gasteiger partial charge in [0.1, 0.15) is 5.84 Å². The third-order valence-electron chi connectivity index (χ3n) is 2.66. The lowest BCUT2D eigenvalue weighted by Gasteiger charge is -2.09.